The fourth-order valence-electron chi connectivity index (χ4n) is 1.05. The van der Waals surface area contributed by atoms with E-state index in [-0.39, 0.29) is 23.2 Å². The summed E-state index contributed by atoms with van der Waals surface area (Å²) in [5, 5.41) is 9.33. The average molecular weight is 198 g/mol. The minimum Gasteiger partial charge on any atom is -0.504 e. The fourth-order valence-corrected chi connectivity index (χ4v) is 1.05. The maximum absolute atomic E-state index is 12.8. The Kier molecular flexibility index (Phi) is 3.06. The fraction of sp³-hybridized carbons (Fsp3) is 0.300. The van der Waals surface area contributed by atoms with Crippen LogP contribution in [0.15, 0.2) is 12.1 Å². The van der Waals surface area contributed by atoms with Gasteiger partial charge in [0, 0.05) is 6.07 Å². The normalized spacial score (nSPS) is 10.3. The molecule has 4 heteroatoms. The van der Waals surface area contributed by atoms with Gasteiger partial charge in [-0.3, -0.25) is 4.79 Å². The third-order valence-electron chi connectivity index (χ3n) is 1.54. The van der Waals surface area contributed by atoms with Crippen molar-refractivity contribution in [1.29, 1.82) is 0 Å². The molecule has 0 amide bonds. The van der Waals surface area contributed by atoms with Crippen LogP contribution in [-0.4, -0.2) is 17.5 Å². The van der Waals surface area contributed by atoms with Crippen LogP contribution in [0.5, 0.6) is 11.5 Å². The SMILES string of the molecule is CC(C)Oc1c(O)cc(F)cc1C=O. The minimum absolute atomic E-state index is 0.0104. The number of rotatable bonds is 3. The van der Waals surface area contributed by atoms with E-state index in [4.69, 9.17) is 4.74 Å². The van der Waals surface area contributed by atoms with Crippen LogP contribution in [0.25, 0.3) is 0 Å². The van der Waals surface area contributed by atoms with Crippen molar-refractivity contribution >= 4 is 6.29 Å². The Morgan fingerprint density at radius 3 is 2.64 bits per heavy atom. The predicted molar refractivity (Wildman–Crippen MR) is 49.2 cm³/mol. The Balaban J connectivity index is 3.18. The Labute approximate surface area is 81.1 Å². The van der Waals surface area contributed by atoms with Crippen LogP contribution in [0.3, 0.4) is 0 Å². The summed E-state index contributed by atoms with van der Waals surface area (Å²) < 4.78 is 17.9. The number of ether oxygens (including phenoxy) is 1. The zero-order valence-electron chi connectivity index (χ0n) is 7.95. The molecule has 3 nitrogen and oxygen atoms in total. The standard InChI is InChI=1S/C10H11FO3/c1-6(2)14-10-7(5-12)3-8(11)4-9(10)13/h3-6,13H,1-2H3. The quantitative estimate of drug-likeness (QED) is 0.757. The van der Waals surface area contributed by atoms with E-state index in [2.05, 4.69) is 0 Å². The first-order valence-electron chi connectivity index (χ1n) is 4.19. The number of hydrogen-bond donors (Lipinski definition) is 1. The molecule has 1 aromatic rings. The molecule has 0 radical (unpaired) electrons. The van der Waals surface area contributed by atoms with Crippen molar-refractivity contribution in [3.8, 4) is 11.5 Å². The lowest BCUT2D eigenvalue weighted by Crippen LogP contribution is -2.07. The summed E-state index contributed by atoms with van der Waals surface area (Å²) >= 11 is 0. The highest BCUT2D eigenvalue weighted by molar-refractivity contribution is 5.81. The van der Waals surface area contributed by atoms with Crippen molar-refractivity contribution in [3.05, 3.63) is 23.5 Å². The van der Waals surface area contributed by atoms with Gasteiger partial charge in [-0.2, -0.15) is 0 Å². The molecule has 0 spiro atoms. The zero-order valence-corrected chi connectivity index (χ0v) is 7.95. The van der Waals surface area contributed by atoms with E-state index >= 15 is 0 Å². The van der Waals surface area contributed by atoms with E-state index in [0.717, 1.165) is 12.1 Å². The molecule has 1 rings (SSSR count). The number of hydrogen-bond acceptors (Lipinski definition) is 3. The van der Waals surface area contributed by atoms with Gasteiger partial charge >= 0.3 is 0 Å². The van der Waals surface area contributed by atoms with Crippen LogP contribution in [0.1, 0.15) is 24.2 Å². The predicted octanol–water partition coefficient (Wildman–Crippen LogP) is 2.13. The summed E-state index contributed by atoms with van der Waals surface area (Å²) in [5.41, 5.74) is 0.0104. The highest BCUT2D eigenvalue weighted by atomic mass is 19.1. The average Bonchev–Trinajstić information content (AvgIpc) is 2.08. The maximum atomic E-state index is 12.8. The monoisotopic (exact) mass is 198 g/mol. The molecule has 0 unspecified atom stereocenters. The Bertz CT molecular complexity index is 347. The summed E-state index contributed by atoms with van der Waals surface area (Å²) in [7, 11) is 0. The largest absolute Gasteiger partial charge is 0.504 e. The maximum Gasteiger partial charge on any atom is 0.172 e. The minimum atomic E-state index is -0.666. The Hall–Kier alpha value is -1.58. The second kappa shape index (κ2) is 4.09. The molecule has 0 aromatic heterocycles. The van der Waals surface area contributed by atoms with Crippen LogP contribution in [0.2, 0.25) is 0 Å². The molecule has 0 saturated heterocycles. The molecule has 0 saturated carbocycles. The molecule has 1 aromatic carbocycles. The topological polar surface area (TPSA) is 46.5 Å². The second-order valence-corrected chi connectivity index (χ2v) is 3.13. The van der Waals surface area contributed by atoms with E-state index in [9.17, 15) is 14.3 Å². The van der Waals surface area contributed by atoms with Gasteiger partial charge in [0.25, 0.3) is 0 Å². The lowest BCUT2D eigenvalue weighted by molar-refractivity contribution is 0.111. The van der Waals surface area contributed by atoms with Gasteiger partial charge in [0.15, 0.2) is 17.8 Å². The molecule has 0 aliphatic rings. The molecule has 76 valence electrons. The van der Waals surface area contributed by atoms with Gasteiger partial charge < -0.3 is 9.84 Å². The van der Waals surface area contributed by atoms with Crippen LogP contribution in [0.4, 0.5) is 4.39 Å². The van der Waals surface area contributed by atoms with Crippen molar-refractivity contribution < 1.29 is 19.0 Å². The van der Waals surface area contributed by atoms with E-state index in [1.807, 2.05) is 0 Å². The molecule has 0 aliphatic heterocycles. The Morgan fingerprint density at radius 2 is 2.14 bits per heavy atom. The summed E-state index contributed by atoms with van der Waals surface area (Å²) in [6.07, 6.45) is 0.255. The molecular weight excluding hydrogens is 187 g/mol. The summed E-state index contributed by atoms with van der Waals surface area (Å²) in [6, 6.07) is 1.93. The number of aromatic hydroxyl groups is 1. The van der Waals surface area contributed by atoms with Gasteiger partial charge in [0.05, 0.1) is 11.7 Å². The third-order valence-corrected chi connectivity index (χ3v) is 1.54. The first-order valence-corrected chi connectivity index (χ1v) is 4.19. The van der Waals surface area contributed by atoms with Gasteiger partial charge in [-0.25, -0.2) is 4.39 Å². The summed E-state index contributed by atoms with van der Waals surface area (Å²) in [4.78, 5) is 10.6. The van der Waals surface area contributed by atoms with E-state index < -0.39 is 5.82 Å². The molecule has 1 N–H and O–H groups in total. The molecule has 14 heavy (non-hydrogen) atoms. The first-order chi connectivity index (χ1) is 6.54. The van der Waals surface area contributed by atoms with Crippen molar-refractivity contribution in [2.45, 2.75) is 20.0 Å². The molecule has 0 fully saturated rings. The lowest BCUT2D eigenvalue weighted by Gasteiger charge is -2.12. The Morgan fingerprint density at radius 1 is 1.50 bits per heavy atom. The van der Waals surface area contributed by atoms with Gasteiger partial charge in [0.2, 0.25) is 0 Å². The van der Waals surface area contributed by atoms with Crippen molar-refractivity contribution in [2.24, 2.45) is 0 Å². The lowest BCUT2D eigenvalue weighted by atomic mass is 10.2. The number of benzene rings is 1. The van der Waals surface area contributed by atoms with Crippen LogP contribution in [-0.2, 0) is 0 Å². The third kappa shape index (κ3) is 2.22. The van der Waals surface area contributed by atoms with Gasteiger partial charge in [-0.15, -0.1) is 0 Å². The van der Waals surface area contributed by atoms with Gasteiger partial charge in [-0.1, -0.05) is 0 Å². The van der Waals surface area contributed by atoms with Crippen molar-refractivity contribution in [1.82, 2.24) is 0 Å². The number of carbonyl (C=O) groups excluding carboxylic acids is 1. The van der Waals surface area contributed by atoms with Crippen LogP contribution in [0, 0.1) is 5.82 Å². The molecule has 0 heterocycles. The van der Waals surface area contributed by atoms with E-state index in [1.165, 1.54) is 0 Å². The van der Waals surface area contributed by atoms with Crippen molar-refractivity contribution in [3.63, 3.8) is 0 Å². The number of halogens is 1. The second-order valence-electron chi connectivity index (χ2n) is 3.13. The summed E-state index contributed by atoms with van der Waals surface area (Å²) in [5.74, 6) is -1.00. The van der Waals surface area contributed by atoms with Crippen molar-refractivity contribution in [2.75, 3.05) is 0 Å². The number of aldehydes is 1. The summed E-state index contributed by atoms with van der Waals surface area (Å²) in [6.45, 7) is 3.49. The highest BCUT2D eigenvalue weighted by Crippen LogP contribution is 2.31. The zero-order chi connectivity index (χ0) is 10.7. The van der Waals surface area contributed by atoms with E-state index in [0.29, 0.717) is 6.29 Å². The number of phenols is 1. The first kappa shape index (κ1) is 10.5. The van der Waals surface area contributed by atoms with Crippen LogP contribution >= 0.6 is 0 Å². The number of phenolic OH excluding ortho intramolecular Hbond substituents is 1. The van der Waals surface area contributed by atoms with Gasteiger partial charge in [-0.05, 0) is 19.9 Å². The molecule has 0 aliphatic carbocycles. The molecule has 0 atom stereocenters. The van der Waals surface area contributed by atoms with Crippen LogP contribution < -0.4 is 4.74 Å². The molecule has 0 bridgehead atoms. The molecular formula is C10H11FO3. The van der Waals surface area contributed by atoms with Gasteiger partial charge in [0.1, 0.15) is 5.82 Å². The number of carbonyl (C=O) groups is 1. The highest BCUT2D eigenvalue weighted by Gasteiger charge is 2.12. The smallest absolute Gasteiger partial charge is 0.172 e. The van der Waals surface area contributed by atoms with E-state index in [1.54, 1.807) is 13.8 Å².